The summed E-state index contributed by atoms with van der Waals surface area (Å²) in [5, 5.41) is 0. The Balaban J connectivity index is 1.31. The van der Waals surface area contributed by atoms with Crippen LogP contribution in [-0.2, 0) is 0 Å². The van der Waals surface area contributed by atoms with Gasteiger partial charge in [-0.25, -0.2) is 0 Å². The highest BCUT2D eigenvalue weighted by Crippen LogP contribution is 2.55. The summed E-state index contributed by atoms with van der Waals surface area (Å²) in [5.41, 5.74) is 15.2. The maximum absolute atomic E-state index is 4.64. The van der Waals surface area contributed by atoms with Crippen LogP contribution in [0.1, 0.15) is 79.7 Å². The molecule has 1 aromatic carbocycles. The van der Waals surface area contributed by atoms with Crippen LogP contribution in [0.25, 0.3) is 17.2 Å². The van der Waals surface area contributed by atoms with Crippen molar-refractivity contribution in [1.82, 2.24) is 4.98 Å². The number of aliphatic imine (C=N–C) groups is 1. The van der Waals surface area contributed by atoms with E-state index in [9.17, 15) is 0 Å². The highest BCUT2D eigenvalue weighted by Gasteiger charge is 2.43. The van der Waals surface area contributed by atoms with Gasteiger partial charge in [0, 0.05) is 36.3 Å². The zero-order valence-electron chi connectivity index (χ0n) is 28.1. The lowest BCUT2D eigenvalue weighted by Crippen LogP contribution is -2.36. The molecule has 0 amide bonds. The second-order valence-electron chi connectivity index (χ2n) is 13.6. The minimum atomic E-state index is 0.334. The predicted octanol–water partition coefficient (Wildman–Crippen LogP) is 11.5. The van der Waals surface area contributed by atoms with Crippen LogP contribution < -0.4 is 0 Å². The van der Waals surface area contributed by atoms with Gasteiger partial charge in [-0.3, -0.25) is 9.98 Å². The number of nitrogens with zero attached hydrogens (tertiary/aromatic N) is 2. The molecule has 5 atom stereocenters. The summed E-state index contributed by atoms with van der Waals surface area (Å²) in [5.74, 6) is 2.14. The Kier molecular flexibility index (Phi) is 9.03. The number of rotatable bonds is 7. The zero-order valence-corrected chi connectivity index (χ0v) is 28.1. The molecule has 1 aromatic heterocycles. The highest BCUT2D eigenvalue weighted by molar-refractivity contribution is 5.89. The van der Waals surface area contributed by atoms with E-state index in [1.54, 1.807) is 0 Å². The normalized spacial score (nSPS) is 26.9. The second kappa shape index (κ2) is 13.7. The van der Waals surface area contributed by atoms with Crippen molar-refractivity contribution >= 4 is 23.4 Å². The van der Waals surface area contributed by atoms with E-state index in [-0.39, 0.29) is 0 Å². The molecular formula is C45H46N2. The van der Waals surface area contributed by atoms with Gasteiger partial charge in [0.05, 0.1) is 0 Å². The van der Waals surface area contributed by atoms with Crippen molar-refractivity contribution < 1.29 is 0 Å². The van der Waals surface area contributed by atoms with Crippen LogP contribution in [0.15, 0.2) is 144 Å². The van der Waals surface area contributed by atoms with Crippen LogP contribution in [0.5, 0.6) is 0 Å². The first kappa shape index (κ1) is 31.1. The molecule has 2 heterocycles. The monoisotopic (exact) mass is 614 g/mol. The van der Waals surface area contributed by atoms with E-state index < -0.39 is 0 Å². The molecule has 0 spiro atoms. The number of fused-ring (bicyclic) bond motifs is 2. The van der Waals surface area contributed by atoms with Gasteiger partial charge in [-0.1, -0.05) is 97.2 Å². The van der Waals surface area contributed by atoms with Crippen LogP contribution in [-0.4, -0.2) is 11.2 Å². The smallest absolute Gasteiger partial charge is 0.0349 e. The van der Waals surface area contributed by atoms with Gasteiger partial charge < -0.3 is 0 Å². The summed E-state index contributed by atoms with van der Waals surface area (Å²) in [6.45, 7) is 10.8. The van der Waals surface area contributed by atoms with Crippen LogP contribution in [0.3, 0.4) is 0 Å². The third kappa shape index (κ3) is 5.80. The number of aromatic nitrogens is 1. The number of benzene rings is 1. The van der Waals surface area contributed by atoms with Crippen molar-refractivity contribution in [3.05, 3.63) is 166 Å². The highest BCUT2D eigenvalue weighted by atomic mass is 14.7. The fraction of sp³-hybridized carbons (Fsp3) is 0.289. The van der Waals surface area contributed by atoms with Crippen LogP contribution in [0, 0.1) is 30.6 Å². The van der Waals surface area contributed by atoms with Crippen LogP contribution in [0.2, 0.25) is 0 Å². The van der Waals surface area contributed by atoms with Crippen molar-refractivity contribution in [2.24, 2.45) is 28.7 Å². The van der Waals surface area contributed by atoms with E-state index >= 15 is 0 Å². The Morgan fingerprint density at radius 3 is 2.72 bits per heavy atom. The molecule has 2 aromatic rings. The molecule has 0 radical (unpaired) electrons. The van der Waals surface area contributed by atoms with E-state index in [0.29, 0.717) is 29.6 Å². The molecule has 7 rings (SSSR count). The molecule has 2 nitrogen and oxygen atoms in total. The molecule has 0 N–H and O–H groups in total. The number of hydrogen-bond acceptors (Lipinski definition) is 2. The number of hydrogen-bond donors (Lipinski definition) is 0. The van der Waals surface area contributed by atoms with E-state index in [2.05, 4.69) is 135 Å². The SMILES string of the molecule is C=C/C=C\C1=C(C)C(C2C=CC=C3C(c4cnccc4C4C=CN=CC4)=CCCC32)C2CCC=CC2=C1c1ccc(C)c(/C=C\C)c1. The summed E-state index contributed by atoms with van der Waals surface area (Å²) >= 11 is 0. The Hall–Kier alpha value is -4.56. The van der Waals surface area contributed by atoms with Gasteiger partial charge in [0.15, 0.2) is 0 Å². The van der Waals surface area contributed by atoms with Gasteiger partial charge in [0.1, 0.15) is 0 Å². The second-order valence-corrected chi connectivity index (χ2v) is 13.6. The molecule has 0 saturated heterocycles. The van der Waals surface area contributed by atoms with E-state index in [0.717, 1.165) is 19.3 Å². The minimum Gasteiger partial charge on any atom is -0.269 e. The summed E-state index contributed by atoms with van der Waals surface area (Å²) in [6.07, 6.45) is 41.2. The van der Waals surface area contributed by atoms with Gasteiger partial charge in [-0.05, 0) is 139 Å². The minimum absolute atomic E-state index is 0.334. The molecule has 0 saturated carbocycles. The van der Waals surface area contributed by atoms with Crippen molar-refractivity contribution in [3.63, 3.8) is 0 Å². The standard InChI is InChI=1S/C45H46N2/c1-5-7-13-35-31(4)44(41-14-8-9-15-42(41)45(35)34-21-20-30(3)33(28-34)12-6-2)40-19-11-16-37-38(40)17-10-18-39(37)43-29-47-27-24-36(43)32-22-25-46-26-23-32/h5-7,9,11-13,15-16,18-22,24-29,32,38,40-41,44H,1,8,10,14,17,23H2,2-4H3/b12-6-,13-7-. The van der Waals surface area contributed by atoms with Gasteiger partial charge in [0.2, 0.25) is 0 Å². The fourth-order valence-corrected chi connectivity index (χ4v) is 8.86. The summed E-state index contributed by atoms with van der Waals surface area (Å²) in [4.78, 5) is 8.99. The molecule has 47 heavy (non-hydrogen) atoms. The third-order valence-electron chi connectivity index (χ3n) is 11.0. The van der Waals surface area contributed by atoms with E-state index in [4.69, 9.17) is 0 Å². The summed E-state index contributed by atoms with van der Waals surface area (Å²) < 4.78 is 0. The average molecular weight is 615 g/mol. The molecule has 2 heteroatoms. The molecule has 5 unspecified atom stereocenters. The third-order valence-corrected chi connectivity index (χ3v) is 11.0. The molecule has 4 aliphatic carbocycles. The molecule has 0 fully saturated rings. The van der Waals surface area contributed by atoms with Gasteiger partial charge in [0.25, 0.3) is 0 Å². The van der Waals surface area contributed by atoms with Crippen molar-refractivity contribution in [3.8, 4) is 0 Å². The van der Waals surface area contributed by atoms with E-state index in [1.807, 2.05) is 24.7 Å². The van der Waals surface area contributed by atoms with E-state index in [1.165, 1.54) is 74.1 Å². The maximum Gasteiger partial charge on any atom is 0.0349 e. The number of aryl methyl sites for hydroxylation is 1. The van der Waals surface area contributed by atoms with Crippen molar-refractivity contribution in [2.75, 3.05) is 0 Å². The predicted molar refractivity (Wildman–Crippen MR) is 201 cm³/mol. The van der Waals surface area contributed by atoms with Crippen LogP contribution in [0.4, 0.5) is 0 Å². The first-order valence-electron chi connectivity index (χ1n) is 17.5. The Morgan fingerprint density at radius 1 is 1.00 bits per heavy atom. The van der Waals surface area contributed by atoms with Crippen molar-refractivity contribution in [1.29, 1.82) is 0 Å². The summed E-state index contributed by atoms with van der Waals surface area (Å²) in [7, 11) is 0. The van der Waals surface area contributed by atoms with Gasteiger partial charge in [-0.2, -0.15) is 0 Å². The molecule has 236 valence electrons. The lowest BCUT2D eigenvalue weighted by molar-refractivity contribution is 0.256. The summed E-state index contributed by atoms with van der Waals surface area (Å²) in [6, 6.07) is 9.23. The zero-order chi connectivity index (χ0) is 32.3. The Morgan fingerprint density at radius 2 is 1.89 bits per heavy atom. The Labute approximate surface area is 281 Å². The average Bonchev–Trinajstić information content (AvgIpc) is 3.12. The van der Waals surface area contributed by atoms with Gasteiger partial charge in [-0.15, -0.1) is 0 Å². The lowest BCUT2D eigenvalue weighted by Gasteiger charge is -2.46. The largest absolute Gasteiger partial charge is 0.269 e. The quantitative estimate of drug-likeness (QED) is 0.285. The number of pyridine rings is 1. The van der Waals surface area contributed by atoms with Crippen LogP contribution >= 0.6 is 0 Å². The fourth-order valence-electron chi connectivity index (χ4n) is 8.86. The topological polar surface area (TPSA) is 25.2 Å². The Bertz CT molecular complexity index is 1880. The molecule has 1 aliphatic heterocycles. The molecule has 5 aliphatic rings. The molecular weight excluding hydrogens is 569 g/mol. The van der Waals surface area contributed by atoms with Gasteiger partial charge >= 0.3 is 0 Å². The molecule has 0 bridgehead atoms. The first-order valence-corrected chi connectivity index (χ1v) is 17.5. The number of allylic oxidation sites excluding steroid dienone is 17. The lowest BCUT2D eigenvalue weighted by atomic mass is 9.58. The first-order chi connectivity index (χ1) is 23.1. The maximum atomic E-state index is 4.64. The van der Waals surface area contributed by atoms with Crippen molar-refractivity contribution in [2.45, 2.75) is 58.8 Å².